The monoisotopic (exact) mass is 364 g/mol. The second-order valence-corrected chi connectivity index (χ2v) is 7.36. The summed E-state index contributed by atoms with van der Waals surface area (Å²) in [6.07, 6.45) is 9.12. The van der Waals surface area contributed by atoms with Gasteiger partial charge in [-0.1, -0.05) is 12.1 Å². The number of benzene rings is 1. The fourth-order valence-corrected chi connectivity index (χ4v) is 3.34. The first-order chi connectivity index (χ1) is 13.1. The van der Waals surface area contributed by atoms with Crippen LogP contribution >= 0.6 is 0 Å². The normalized spacial score (nSPS) is 17.1. The van der Waals surface area contributed by atoms with Crippen molar-refractivity contribution >= 4 is 29.4 Å². The summed E-state index contributed by atoms with van der Waals surface area (Å²) in [6, 6.07) is 7.70. The van der Waals surface area contributed by atoms with Gasteiger partial charge in [-0.15, -0.1) is 0 Å². The molecule has 1 aliphatic heterocycles. The summed E-state index contributed by atoms with van der Waals surface area (Å²) in [7, 11) is 0. The Bertz CT molecular complexity index is 878. The van der Waals surface area contributed by atoms with Crippen LogP contribution in [0.3, 0.4) is 0 Å². The molecule has 0 atom stereocenters. The Balaban J connectivity index is 1.38. The quantitative estimate of drug-likeness (QED) is 0.799. The highest BCUT2D eigenvalue weighted by molar-refractivity contribution is 6.02. The van der Waals surface area contributed by atoms with E-state index in [2.05, 4.69) is 10.4 Å². The zero-order valence-electron chi connectivity index (χ0n) is 15.5. The first-order valence-corrected chi connectivity index (χ1v) is 9.52. The van der Waals surface area contributed by atoms with Gasteiger partial charge in [-0.3, -0.25) is 9.59 Å². The second kappa shape index (κ2) is 7.39. The van der Waals surface area contributed by atoms with Crippen molar-refractivity contribution < 1.29 is 9.59 Å². The van der Waals surface area contributed by atoms with Crippen LogP contribution in [0.1, 0.15) is 36.8 Å². The molecule has 6 nitrogen and oxygen atoms in total. The molecule has 2 heterocycles. The summed E-state index contributed by atoms with van der Waals surface area (Å²) in [4.78, 5) is 25.9. The number of nitrogens with zero attached hydrogens (tertiary/aromatic N) is 3. The summed E-state index contributed by atoms with van der Waals surface area (Å²) >= 11 is 0. The minimum Gasteiger partial charge on any atom is -0.312 e. The average Bonchev–Trinajstić information content (AvgIpc) is 3.29. The standard InChI is InChI=1S/C21H24N4O2/c1-15-13-22-25(14-17-4-5-17)21(15)23-19(26)11-8-16-6-9-18(10-7-16)24-12-2-3-20(24)27/h6-11,13,17H,2-5,12,14H2,1H3,(H,23,26)/b11-8+. The van der Waals surface area contributed by atoms with E-state index in [1.165, 1.54) is 18.9 Å². The number of anilines is 2. The zero-order valence-corrected chi connectivity index (χ0v) is 15.5. The van der Waals surface area contributed by atoms with E-state index in [4.69, 9.17) is 0 Å². The number of hydrogen-bond acceptors (Lipinski definition) is 3. The minimum atomic E-state index is -0.172. The van der Waals surface area contributed by atoms with Gasteiger partial charge in [0.1, 0.15) is 5.82 Å². The van der Waals surface area contributed by atoms with Crippen LogP contribution in [-0.2, 0) is 16.1 Å². The summed E-state index contributed by atoms with van der Waals surface area (Å²) in [5.74, 6) is 1.47. The van der Waals surface area contributed by atoms with Gasteiger partial charge >= 0.3 is 0 Å². The van der Waals surface area contributed by atoms with Gasteiger partial charge in [0.15, 0.2) is 0 Å². The number of carbonyl (C=O) groups excluding carboxylic acids is 2. The Morgan fingerprint density at radius 2 is 2.07 bits per heavy atom. The van der Waals surface area contributed by atoms with Gasteiger partial charge in [0.2, 0.25) is 11.8 Å². The van der Waals surface area contributed by atoms with E-state index in [-0.39, 0.29) is 11.8 Å². The van der Waals surface area contributed by atoms with Crippen LogP contribution in [-0.4, -0.2) is 28.1 Å². The number of hydrogen-bond donors (Lipinski definition) is 1. The van der Waals surface area contributed by atoms with Crippen LogP contribution in [0.5, 0.6) is 0 Å². The number of carbonyl (C=O) groups is 2. The topological polar surface area (TPSA) is 67.2 Å². The van der Waals surface area contributed by atoms with E-state index in [0.29, 0.717) is 12.3 Å². The van der Waals surface area contributed by atoms with Gasteiger partial charge in [0.25, 0.3) is 0 Å². The highest BCUT2D eigenvalue weighted by Crippen LogP contribution is 2.31. The van der Waals surface area contributed by atoms with E-state index >= 15 is 0 Å². The van der Waals surface area contributed by atoms with Crippen molar-refractivity contribution in [3.63, 3.8) is 0 Å². The van der Waals surface area contributed by atoms with Crippen LogP contribution in [0.15, 0.2) is 36.5 Å². The van der Waals surface area contributed by atoms with Crippen molar-refractivity contribution in [1.82, 2.24) is 9.78 Å². The van der Waals surface area contributed by atoms with Gasteiger partial charge in [-0.05, 0) is 55.9 Å². The predicted octanol–water partition coefficient (Wildman–Crippen LogP) is 3.38. The van der Waals surface area contributed by atoms with Crippen LogP contribution in [0.2, 0.25) is 0 Å². The molecule has 140 valence electrons. The van der Waals surface area contributed by atoms with Gasteiger partial charge in [0.05, 0.1) is 6.20 Å². The Morgan fingerprint density at radius 3 is 2.74 bits per heavy atom. The molecule has 27 heavy (non-hydrogen) atoms. The van der Waals surface area contributed by atoms with E-state index in [0.717, 1.165) is 42.1 Å². The molecule has 1 saturated heterocycles. The number of aryl methyl sites for hydroxylation is 1. The molecule has 0 unspecified atom stereocenters. The summed E-state index contributed by atoms with van der Waals surface area (Å²) in [5, 5.41) is 7.31. The number of nitrogens with one attached hydrogen (secondary N) is 1. The average molecular weight is 364 g/mol. The zero-order chi connectivity index (χ0) is 18.8. The third-order valence-corrected chi connectivity index (χ3v) is 5.10. The predicted molar refractivity (Wildman–Crippen MR) is 105 cm³/mol. The lowest BCUT2D eigenvalue weighted by Crippen LogP contribution is -2.23. The molecule has 4 rings (SSSR count). The van der Waals surface area contributed by atoms with Crippen molar-refractivity contribution in [2.24, 2.45) is 5.92 Å². The minimum absolute atomic E-state index is 0.172. The highest BCUT2D eigenvalue weighted by Gasteiger charge is 2.24. The molecule has 0 spiro atoms. The van der Waals surface area contributed by atoms with Gasteiger partial charge in [-0.25, -0.2) is 4.68 Å². The molecule has 2 fully saturated rings. The summed E-state index contributed by atoms with van der Waals surface area (Å²) in [6.45, 7) is 3.60. The second-order valence-electron chi connectivity index (χ2n) is 7.36. The van der Waals surface area contributed by atoms with Crippen LogP contribution < -0.4 is 10.2 Å². The lowest BCUT2D eigenvalue weighted by molar-refractivity contribution is -0.117. The first kappa shape index (κ1) is 17.5. The van der Waals surface area contributed by atoms with Crippen LogP contribution in [0.25, 0.3) is 6.08 Å². The third kappa shape index (κ3) is 4.10. The maximum absolute atomic E-state index is 12.3. The molecule has 1 aromatic heterocycles. The molecule has 0 bridgehead atoms. The summed E-state index contributed by atoms with van der Waals surface area (Å²) in [5.41, 5.74) is 2.81. The molecular formula is C21H24N4O2. The largest absolute Gasteiger partial charge is 0.312 e. The lowest BCUT2D eigenvalue weighted by Gasteiger charge is -2.15. The molecular weight excluding hydrogens is 340 g/mol. The van der Waals surface area contributed by atoms with Crippen molar-refractivity contribution in [2.45, 2.75) is 39.2 Å². The first-order valence-electron chi connectivity index (χ1n) is 9.52. The van der Waals surface area contributed by atoms with Gasteiger partial charge in [0, 0.05) is 36.8 Å². The fraction of sp³-hybridized carbons (Fsp3) is 0.381. The number of rotatable bonds is 6. The SMILES string of the molecule is Cc1cnn(CC2CC2)c1NC(=O)/C=C/c1ccc(N2CCCC2=O)cc1. The van der Waals surface area contributed by atoms with Crippen LogP contribution in [0, 0.1) is 12.8 Å². The Kier molecular flexibility index (Phi) is 4.79. The molecule has 1 N–H and O–H groups in total. The Hall–Kier alpha value is -2.89. The fourth-order valence-electron chi connectivity index (χ4n) is 3.34. The molecule has 1 saturated carbocycles. The molecule has 1 aromatic carbocycles. The van der Waals surface area contributed by atoms with Crippen molar-refractivity contribution in [3.8, 4) is 0 Å². The number of aromatic nitrogens is 2. The number of amides is 2. The molecule has 1 aliphatic carbocycles. The molecule has 2 aromatic rings. The van der Waals surface area contributed by atoms with Crippen molar-refractivity contribution in [3.05, 3.63) is 47.7 Å². The highest BCUT2D eigenvalue weighted by atomic mass is 16.2. The van der Waals surface area contributed by atoms with Crippen molar-refractivity contribution in [2.75, 3.05) is 16.8 Å². The maximum Gasteiger partial charge on any atom is 0.249 e. The Morgan fingerprint density at radius 1 is 1.30 bits per heavy atom. The third-order valence-electron chi connectivity index (χ3n) is 5.10. The molecule has 2 amide bonds. The van der Waals surface area contributed by atoms with E-state index < -0.39 is 0 Å². The van der Waals surface area contributed by atoms with Crippen molar-refractivity contribution in [1.29, 1.82) is 0 Å². The smallest absolute Gasteiger partial charge is 0.249 e. The van der Waals surface area contributed by atoms with E-state index in [9.17, 15) is 9.59 Å². The lowest BCUT2D eigenvalue weighted by atomic mass is 10.2. The van der Waals surface area contributed by atoms with Gasteiger partial charge in [-0.2, -0.15) is 5.10 Å². The van der Waals surface area contributed by atoms with Crippen LogP contribution in [0.4, 0.5) is 11.5 Å². The molecule has 0 radical (unpaired) electrons. The van der Waals surface area contributed by atoms with E-state index in [1.807, 2.05) is 40.8 Å². The summed E-state index contributed by atoms with van der Waals surface area (Å²) < 4.78 is 1.89. The van der Waals surface area contributed by atoms with E-state index in [1.54, 1.807) is 12.3 Å². The molecule has 6 heteroatoms. The molecule has 2 aliphatic rings. The van der Waals surface area contributed by atoms with Gasteiger partial charge < -0.3 is 10.2 Å². The maximum atomic E-state index is 12.3. The Labute approximate surface area is 158 Å².